The molecule has 3 N–H and O–H groups in total. The van der Waals surface area contributed by atoms with E-state index in [0.717, 1.165) is 37.1 Å². The number of primary amides is 1. The highest BCUT2D eigenvalue weighted by Crippen LogP contribution is 2.26. The highest BCUT2D eigenvalue weighted by Gasteiger charge is 2.28. The van der Waals surface area contributed by atoms with Crippen LogP contribution in [0.3, 0.4) is 0 Å². The fraction of sp³-hybridized carbons (Fsp3) is 0.444. The van der Waals surface area contributed by atoms with Gasteiger partial charge in [0.1, 0.15) is 11.4 Å². The Morgan fingerprint density at radius 1 is 1.46 bits per heavy atom. The van der Waals surface area contributed by atoms with E-state index in [1.807, 2.05) is 18.2 Å². The summed E-state index contributed by atoms with van der Waals surface area (Å²) in [6, 6.07) is 8.27. The van der Waals surface area contributed by atoms with E-state index in [1.165, 1.54) is 16.9 Å². The van der Waals surface area contributed by atoms with Crippen LogP contribution in [0.2, 0.25) is 0 Å². The molecule has 140 valence electrons. The number of rotatable bonds is 7. The van der Waals surface area contributed by atoms with Crippen LogP contribution in [0.5, 0.6) is 5.75 Å². The molecular formula is C18H24N4O3S. The van der Waals surface area contributed by atoms with E-state index in [-0.39, 0.29) is 12.6 Å². The lowest BCUT2D eigenvalue weighted by Gasteiger charge is -2.41. The number of hydrogen-bond donors (Lipinski definition) is 2. The van der Waals surface area contributed by atoms with Gasteiger partial charge in [0.15, 0.2) is 5.13 Å². The molecule has 2 heterocycles. The first-order chi connectivity index (χ1) is 12.6. The normalized spacial score (nSPS) is 18.1. The maximum absolute atomic E-state index is 11.3. The third-order valence-electron chi connectivity index (χ3n) is 4.60. The van der Waals surface area contributed by atoms with Crippen LogP contribution in [0.4, 0.5) is 5.13 Å². The van der Waals surface area contributed by atoms with Crippen LogP contribution in [0.25, 0.3) is 0 Å². The molecule has 2 aromatic rings. The second-order valence-electron chi connectivity index (χ2n) is 6.31. The van der Waals surface area contributed by atoms with Crippen molar-refractivity contribution in [2.75, 3.05) is 38.3 Å². The topological polar surface area (TPSA) is 91.9 Å². The van der Waals surface area contributed by atoms with E-state index in [9.17, 15) is 9.90 Å². The number of aliphatic hydroxyl groups excluding tert-OH is 1. The Morgan fingerprint density at radius 2 is 2.31 bits per heavy atom. The zero-order valence-corrected chi connectivity index (χ0v) is 15.6. The van der Waals surface area contributed by atoms with Crippen LogP contribution < -0.4 is 15.4 Å². The van der Waals surface area contributed by atoms with Crippen LogP contribution in [0.1, 0.15) is 22.5 Å². The molecule has 0 bridgehead atoms. The molecule has 26 heavy (non-hydrogen) atoms. The lowest BCUT2D eigenvalue weighted by molar-refractivity contribution is 0.0996. The second-order valence-corrected chi connectivity index (χ2v) is 7.15. The van der Waals surface area contributed by atoms with E-state index in [4.69, 9.17) is 10.5 Å². The van der Waals surface area contributed by atoms with Gasteiger partial charge in [-0.2, -0.15) is 0 Å². The summed E-state index contributed by atoms with van der Waals surface area (Å²) in [5.41, 5.74) is 6.79. The summed E-state index contributed by atoms with van der Waals surface area (Å²) in [5, 5.41) is 12.0. The van der Waals surface area contributed by atoms with Gasteiger partial charge in [-0.3, -0.25) is 9.69 Å². The number of amides is 1. The summed E-state index contributed by atoms with van der Waals surface area (Å²) in [7, 11) is 1.67. The van der Waals surface area contributed by atoms with Gasteiger partial charge in [-0.05, 0) is 24.1 Å². The average Bonchev–Trinajstić information content (AvgIpc) is 3.14. The van der Waals surface area contributed by atoms with Gasteiger partial charge in [0.2, 0.25) is 0 Å². The van der Waals surface area contributed by atoms with Crippen LogP contribution in [0.15, 0.2) is 29.6 Å². The smallest absolute Gasteiger partial charge is 0.268 e. The van der Waals surface area contributed by atoms with Crippen molar-refractivity contribution in [1.29, 1.82) is 0 Å². The number of ether oxygens (including phenoxy) is 1. The number of anilines is 1. The SMILES string of the molecule is COc1cccc(CN2CCN(c3nc(C(N)=O)cs3)C[C@@H]2CCO)c1. The maximum Gasteiger partial charge on any atom is 0.268 e. The summed E-state index contributed by atoms with van der Waals surface area (Å²) in [6.07, 6.45) is 0.689. The van der Waals surface area contributed by atoms with Crippen molar-refractivity contribution in [2.45, 2.75) is 19.0 Å². The number of thiazole rings is 1. The van der Waals surface area contributed by atoms with Crippen LogP contribution in [-0.2, 0) is 6.54 Å². The summed E-state index contributed by atoms with van der Waals surface area (Å²) in [4.78, 5) is 20.1. The minimum atomic E-state index is -0.504. The minimum Gasteiger partial charge on any atom is -0.497 e. The molecule has 1 amide bonds. The van der Waals surface area contributed by atoms with E-state index in [0.29, 0.717) is 12.1 Å². The molecule has 1 aromatic heterocycles. The molecule has 3 rings (SSSR count). The van der Waals surface area contributed by atoms with Gasteiger partial charge in [0.25, 0.3) is 5.91 Å². The predicted molar refractivity (Wildman–Crippen MR) is 102 cm³/mol. The first-order valence-corrected chi connectivity index (χ1v) is 9.46. The monoisotopic (exact) mass is 376 g/mol. The zero-order chi connectivity index (χ0) is 18.5. The molecule has 0 aliphatic carbocycles. The Labute approximate surface area is 157 Å². The third kappa shape index (κ3) is 4.32. The number of piperazine rings is 1. The number of carbonyl (C=O) groups excluding carboxylic acids is 1. The number of benzene rings is 1. The lowest BCUT2D eigenvalue weighted by atomic mass is 10.1. The van der Waals surface area contributed by atoms with Gasteiger partial charge < -0.3 is 20.5 Å². The molecule has 1 saturated heterocycles. The van der Waals surface area contributed by atoms with Crippen molar-refractivity contribution in [2.24, 2.45) is 5.73 Å². The first kappa shape index (κ1) is 18.6. The molecule has 1 aliphatic rings. The Kier molecular flexibility index (Phi) is 6.08. The standard InChI is InChI=1S/C18H24N4O3S/c1-25-15-4-2-3-13(9-15)10-21-6-7-22(11-14(21)5-8-23)18-20-16(12-26-18)17(19)24/h2-4,9,12,14,23H,5-8,10-11H2,1H3,(H2,19,24)/t14-/m0/s1. The zero-order valence-electron chi connectivity index (χ0n) is 14.8. The highest BCUT2D eigenvalue weighted by atomic mass is 32.1. The largest absolute Gasteiger partial charge is 0.497 e. The Balaban J connectivity index is 1.69. The third-order valence-corrected chi connectivity index (χ3v) is 5.50. The number of methoxy groups -OCH3 is 1. The van der Waals surface area contributed by atoms with Gasteiger partial charge in [-0.15, -0.1) is 11.3 Å². The second kappa shape index (κ2) is 8.48. The summed E-state index contributed by atoms with van der Waals surface area (Å²) in [5.74, 6) is 0.345. The van der Waals surface area contributed by atoms with E-state index in [1.54, 1.807) is 12.5 Å². The number of hydrogen-bond acceptors (Lipinski definition) is 7. The fourth-order valence-electron chi connectivity index (χ4n) is 3.23. The van der Waals surface area contributed by atoms with E-state index in [2.05, 4.69) is 20.9 Å². The lowest BCUT2D eigenvalue weighted by Crippen LogP contribution is -2.53. The molecule has 1 fully saturated rings. The molecule has 0 radical (unpaired) electrons. The van der Waals surface area contributed by atoms with Crippen molar-refractivity contribution >= 4 is 22.4 Å². The number of aromatic nitrogens is 1. The van der Waals surface area contributed by atoms with E-state index >= 15 is 0 Å². The number of carbonyl (C=O) groups is 1. The molecule has 0 unspecified atom stereocenters. The Bertz CT molecular complexity index is 752. The van der Waals surface area contributed by atoms with Gasteiger partial charge in [-0.25, -0.2) is 4.98 Å². The number of nitrogens with zero attached hydrogens (tertiary/aromatic N) is 3. The van der Waals surface area contributed by atoms with Gasteiger partial charge in [-0.1, -0.05) is 12.1 Å². The average molecular weight is 376 g/mol. The Hall–Kier alpha value is -2.16. The first-order valence-electron chi connectivity index (χ1n) is 8.59. The fourth-order valence-corrected chi connectivity index (χ4v) is 4.08. The number of nitrogens with two attached hydrogens (primary N) is 1. The van der Waals surface area contributed by atoms with Crippen LogP contribution in [-0.4, -0.2) is 60.3 Å². The van der Waals surface area contributed by atoms with Crippen molar-refractivity contribution in [3.63, 3.8) is 0 Å². The molecule has 7 nitrogen and oxygen atoms in total. The van der Waals surface area contributed by atoms with Crippen molar-refractivity contribution in [1.82, 2.24) is 9.88 Å². The highest BCUT2D eigenvalue weighted by molar-refractivity contribution is 7.13. The molecular weight excluding hydrogens is 352 g/mol. The van der Waals surface area contributed by atoms with Crippen LogP contribution >= 0.6 is 11.3 Å². The van der Waals surface area contributed by atoms with Crippen LogP contribution in [0, 0.1) is 0 Å². The quantitative estimate of drug-likeness (QED) is 0.757. The summed E-state index contributed by atoms with van der Waals surface area (Å²) >= 11 is 1.43. The molecule has 1 atom stereocenters. The molecule has 1 aromatic carbocycles. The van der Waals surface area contributed by atoms with Gasteiger partial charge >= 0.3 is 0 Å². The van der Waals surface area contributed by atoms with Gasteiger partial charge in [0, 0.05) is 44.2 Å². The molecule has 0 spiro atoms. The molecule has 8 heteroatoms. The van der Waals surface area contributed by atoms with Gasteiger partial charge in [0.05, 0.1) is 7.11 Å². The summed E-state index contributed by atoms with van der Waals surface area (Å²) in [6.45, 7) is 3.37. The minimum absolute atomic E-state index is 0.136. The maximum atomic E-state index is 11.3. The predicted octanol–water partition coefficient (Wildman–Crippen LogP) is 1.32. The molecule has 1 aliphatic heterocycles. The van der Waals surface area contributed by atoms with E-state index < -0.39 is 5.91 Å². The molecule has 0 saturated carbocycles. The van der Waals surface area contributed by atoms with Crippen molar-refractivity contribution in [3.05, 3.63) is 40.9 Å². The number of aliphatic hydroxyl groups is 1. The Morgan fingerprint density at radius 3 is 3.00 bits per heavy atom. The summed E-state index contributed by atoms with van der Waals surface area (Å²) < 4.78 is 5.30. The van der Waals surface area contributed by atoms with Crippen molar-refractivity contribution < 1.29 is 14.6 Å². The van der Waals surface area contributed by atoms with Crippen molar-refractivity contribution in [3.8, 4) is 5.75 Å².